The van der Waals surface area contributed by atoms with E-state index in [0.717, 1.165) is 6.42 Å². The van der Waals surface area contributed by atoms with Crippen molar-refractivity contribution in [2.24, 2.45) is 5.73 Å². The minimum atomic E-state index is -0.357. The van der Waals surface area contributed by atoms with Gasteiger partial charge in [0.05, 0.1) is 0 Å². The molecule has 0 spiro atoms. The Labute approximate surface area is 80.3 Å². The molecule has 0 bridgehead atoms. The van der Waals surface area contributed by atoms with Crippen molar-refractivity contribution in [1.82, 2.24) is 10.3 Å². The molecule has 0 radical (unpaired) electrons. The minimum Gasteiger partial charge on any atom is -0.367 e. The largest absolute Gasteiger partial charge is 0.367 e. The summed E-state index contributed by atoms with van der Waals surface area (Å²) in [4.78, 5) is 25.4. The van der Waals surface area contributed by atoms with Gasteiger partial charge in [-0.25, -0.2) is 0 Å². The number of carbonyl (C=O) groups excluding carboxylic acids is 1. The summed E-state index contributed by atoms with van der Waals surface area (Å²) in [6.45, 7) is 0. The van der Waals surface area contributed by atoms with Crippen LogP contribution < -0.4 is 16.5 Å². The SMILES string of the molecule is NC1CC1NC(=O)c1c[nH]ccc1=O. The first-order valence-corrected chi connectivity index (χ1v) is 4.42. The van der Waals surface area contributed by atoms with Crippen LogP contribution in [0.4, 0.5) is 0 Å². The maximum absolute atomic E-state index is 11.5. The lowest BCUT2D eigenvalue weighted by molar-refractivity contribution is 0.0949. The summed E-state index contributed by atoms with van der Waals surface area (Å²) in [6.07, 6.45) is 3.67. The lowest BCUT2D eigenvalue weighted by Gasteiger charge is -2.01. The summed E-state index contributed by atoms with van der Waals surface area (Å²) >= 11 is 0. The van der Waals surface area contributed by atoms with Gasteiger partial charge in [-0.05, 0) is 6.42 Å². The smallest absolute Gasteiger partial charge is 0.257 e. The van der Waals surface area contributed by atoms with E-state index in [1.807, 2.05) is 0 Å². The van der Waals surface area contributed by atoms with E-state index in [1.54, 1.807) is 0 Å². The fourth-order valence-electron chi connectivity index (χ4n) is 1.22. The Kier molecular flexibility index (Phi) is 2.09. The second-order valence-electron chi connectivity index (χ2n) is 3.40. The summed E-state index contributed by atoms with van der Waals surface area (Å²) in [5, 5.41) is 2.68. The summed E-state index contributed by atoms with van der Waals surface area (Å²) in [5.41, 5.74) is 5.38. The summed E-state index contributed by atoms with van der Waals surface area (Å²) in [5.74, 6) is -0.357. The highest BCUT2D eigenvalue weighted by Crippen LogP contribution is 2.17. The van der Waals surface area contributed by atoms with Crippen molar-refractivity contribution in [1.29, 1.82) is 0 Å². The molecular formula is C9H11N3O2. The van der Waals surface area contributed by atoms with Crippen LogP contribution in [0.5, 0.6) is 0 Å². The fourth-order valence-corrected chi connectivity index (χ4v) is 1.22. The maximum atomic E-state index is 11.5. The Hall–Kier alpha value is -1.62. The molecule has 0 aromatic carbocycles. The Balaban J connectivity index is 2.11. The molecule has 1 aliphatic rings. The third-order valence-electron chi connectivity index (χ3n) is 2.22. The lowest BCUT2D eigenvalue weighted by atomic mass is 10.2. The van der Waals surface area contributed by atoms with Gasteiger partial charge in [0, 0.05) is 30.5 Å². The van der Waals surface area contributed by atoms with Gasteiger partial charge in [-0.15, -0.1) is 0 Å². The van der Waals surface area contributed by atoms with E-state index in [4.69, 9.17) is 5.73 Å². The highest BCUT2D eigenvalue weighted by atomic mass is 16.2. The molecule has 1 aromatic heterocycles. The number of hydrogen-bond acceptors (Lipinski definition) is 3. The molecular weight excluding hydrogens is 182 g/mol. The molecule has 2 unspecified atom stereocenters. The zero-order valence-corrected chi connectivity index (χ0v) is 7.49. The van der Waals surface area contributed by atoms with E-state index < -0.39 is 0 Å². The standard InChI is InChI=1S/C9H11N3O2/c10-6-3-7(6)12-9(14)5-4-11-2-1-8(5)13/h1-2,4,6-7H,3,10H2,(H,11,13)(H,12,14). The van der Waals surface area contributed by atoms with Crippen molar-refractivity contribution in [3.63, 3.8) is 0 Å². The number of rotatable bonds is 2. The molecule has 2 rings (SSSR count). The number of hydrogen-bond donors (Lipinski definition) is 3. The van der Waals surface area contributed by atoms with Gasteiger partial charge in [0.1, 0.15) is 5.56 Å². The van der Waals surface area contributed by atoms with Crippen molar-refractivity contribution in [2.75, 3.05) is 0 Å². The van der Waals surface area contributed by atoms with Crippen molar-refractivity contribution in [3.8, 4) is 0 Å². The van der Waals surface area contributed by atoms with Gasteiger partial charge in [-0.1, -0.05) is 0 Å². The van der Waals surface area contributed by atoms with E-state index >= 15 is 0 Å². The van der Waals surface area contributed by atoms with Gasteiger partial charge < -0.3 is 16.0 Å². The van der Waals surface area contributed by atoms with Crippen LogP contribution in [-0.2, 0) is 0 Å². The third kappa shape index (κ3) is 1.67. The molecule has 2 atom stereocenters. The quantitative estimate of drug-likeness (QED) is 0.574. The zero-order valence-electron chi connectivity index (χ0n) is 7.49. The lowest BCUT2D eigenvalue weighted by Crippen LogP contribution is -2.32. The van der Waals surface area contributed by atoms with E-state index in [1.165, 1.54) is 18.5 Å². The highest BCUT2D eigenvalue weighted by molar-refractivity contribution is 5.94. The van der Waals surface area contributed by atoms with Crippen LogP contribution in [0.3, 0.4) is 0 Å². The van der Waals surface area contributed by atoms with Crippen LogP contribution in [0.1, 0.15) is 16.8 Å². The summed E-state index contributed by atoms with van der Waals surface area (Å²) in [6, 6.07) is 1.39. The Morgan fingerprint density at radius 2 is 2.36 bits per heavy atom. The van der Waals surface area contributed by atoms with Crippen LogP contribution in [0.25, 0.3) is 0 Å². The van der Waals surface area contributed by atoms with Crippen molar-refractivity contribution >= 4 is 5.91 Å². The van der Waals surface area contributed by atoms with Gasteiger partial charge >= 0.3 is 0 Å². The molecule has 1 saturated carbocycles. The van der Waals surface area contributed by atoms with Gasteiger partial charge in [0.2, 0.25) is 0 Å². The predicted molar refractivity (Wildman–Crippen MR) is 50.9 cm³/mol. The van der Waals surface area contributed by atoms with Gasteiger partial charge in [0.25, 0.3) is 5.91 Å². The molecule has 0 saturated heterocycles. The monoisotopic (exact) mass is 193 g/mol. The van der Waals surface area contributed by atoms with Crippen molar-refractivity contribution in [3.05, 3.63) is 34.2 Å². The molecule has 4 N–H and O–H groups in total. The Bertz CT molecular complexity index is 413. The number of carbonyl (C=O) groups is 1. The average molecular weight is 193 g/mol. The normalized spacial score (nSPS) is 24.4. The van der Waals surface area contributed by atoms with Gasteiger partial charge in [-0.2, -0.15) is 0 Å². The topological polar surface area (TPSA) is 88.0 Å². The Morgan fingerprint density at radius 1 is 1.64 bits per heavy atom. The van der Waals surface area contributed by atoms with Crippen LogP contribution in [-0.4, -0.2) is 23.0 Å². The number of aromatic amines is 1. The van der Waals surface area contributed by atoms with Crippen LogP contribution in [0.2, 0.25) is 0 Å². The number of amides is 1. The first-order valence-electron chi connectivity index (χ1n) is 4.42. The molecule has 5 nitrogen and oxygen atoms in total. The molecule has 1 heterocycles. The molecule has 74 valence electrons. The van der Waals surface area contributed by atoms with E-state index in [0.29, 0.717) is 0 Å². The first-order chi connectivity index (χ1) is 6.68. The fraction of sp³-hybridized carbons (Fsp3) is 0.333. The number of aromatic nitrogens is 1. The highest BCUT2D eigenvalue weighted by Gasteiger charge is 2.35. The zero-order chi connectivity index (χ0) is 10.1. The molecule has 1 aromatic rings. The molecule has 1 amide bonds. The third-order valence-corrected chi connectivity index (χ3v) is 2.22. The maximum Gasteiger partial charge on any atom is 0.257 e. The predicted octanol–water partition coefficient (Wildman–Crippen LogP) is -0.796. The molecule has 1 fully saturated rings. The second kappa shape index (κ2) is 3.26. The molecule has 1 aliphatic carbocycles. The molecule has 0 aliphatic heterocycles. The summed E-state index contributed by atoms with van der Waals surface area (Å²) in [7, 11) is 0. The van der Waals surface area contributed by atoms with Crippen LogP contribution in [0, 0.1) is 0 Å². The van der Waals surface area contributed by atoms with E-state index in [9.17, 15) is 9.59 Å². The molecule has 5 heteroatoms. The minimum absolute atomic E-state index is 0.0297. The van der Waals surface area contributed by atoms with Crippen LogP contribution >= 0.6 is 0 Å². The number of nitrogens with one attached hydrogen (secondary N) is 2. The van der Waals surface area contributed by atoms with Crippen molar-refractivity contribution < 1.29 is 4.79 Å². The van der Waals surface area contributed by atoms with Crippen molar-refractivity contribution in [2.45, 2.75) is 18.5 Å². The Morgan fingerprint density at radius 3 is 2.93 bits per heavy atom. The number of nitrogens with two attached hydrogens (primary N) is 1. The second-order valence-corrected chi connectivity index (χ2v) is 3.40. The van der Waals surface area contributed by atoms with Gasteiger partial charge in [0.15, 0.2) is 5.43 Å². The average Bonchev–Trinajstić information content (AvgIpc) is 2.82. The van der Waals surface area contributed by atoms with Gasteiger partial charge in [-0.3, -0.25) is 9.59 Å². The van der Waals surface area contributed by atoms with E-state index in [2.05, 4.69) is 10.3 Å². The van der Waals surface area contributed by atoms with Crippen LogP contribution in [0.15, 0.2) is 23.3 Å². The number of H-pyrrole nitrogens is 1. The number of pyridine rings is 1. The first kappa shape index (κ1) is 8.96. The summed E-state index contributed by atoms with van der Waals surface area (Å²) < 4.78 is 0. The molecule has 14 heavy (non-hydrogen) atoms. The van der Waals surface area contributed by atoms with E-state index in [-0.39, 0.29) is 29.0 Å².